The minimum absolute atomic E-state index is 0.223. The van der Waals surface area contributed by atoms with E-state index in [-0.39, 0.29) is 4.88 Å². The summed E-state index contributed by atoms with van der Waals surface area (Å²) in [5, 5.41) is 10.1. The van der Waals surface area contributed by atoms with Crippen LogP contribution in [-0.4, -0.2) is 31.9 Å². The molecule has 0 radical (unpaired) electrons. The number of hydrogen-bond donors (Lipinski definition) is 1. The molecule has 6 heteroatoms. The molecular weight excluding hydrogens is 292 g/mol. The molecule has 1 aliphatic rings. The molecule has 1 aliphatic carbocycles. The van der Waals surface area contributed by atoms with Crippen molar-refractivity contribution in [3.05, 3.63) is 17.0 Å². The molecule has 2 aromatic rings. The molecule has 1 aromatic heterocycles. The number of hydrogen-bond acceptors (Lipinski definition) is 5. The van der Waals surface area contributed by atoms with Gasteiger partial charge in [0.2, 0.25) is 0 Å². The molecule has 0 saturated heterocycles. The Morgan fingerprint density at radius 3 is 2.52 bits per heavy atom. The zero-order valence-corrected chi connectivity index (χ0v) is 12.7. The zero-order chi connectivity index (χ0) is 15.0. The highest BCUT2D eigenvalue weighted by atomic mass is 32.1. The number of ether oxygens (including phenoxy) is 3. The van der Waals surface area contributed by atoms with Gasteiger partial charge in [0.15, 0.2) is 22.1 Å². The topological polar surface area (TPSA) is 65.0 Å². The Morgan fingerprint density at radius 1 is 1.29 bits per heavy atom. The van der Waals surface area contributed by atoms with Crippen LogP contribution in [0.4, 0.5) is 0 Å². The van der Waals surface area contributed by atoms with E-state index in [2.05, 4.69) is 0 Å². The maximum atomic E-state index is 11.4. The molecule has 0 aliphatic heterocycles. The summed E-state index contributed by atoms with van der Waals surface area (Å²) in [5.41, 5.74) is 0. The van der Waals surface area contributed by atoms with Crippen LogP contribution in [0.3, 0.4) is 0 Å². The summed E-state index contributed by atoms with van der Waals surface area (Å²) in [6.07, 6.45) is 2.31. The lowest BCUT2D eigenvalue weighted by molar-refractivity contribution is 0.0698. The molecule has 0 unspecified atom stereocenters. The molecule has 0 spiro atoms. The predicted molar refractivity (Wildman–Crippen MR) is 80.1 cm³/mol. The van der Waals surface area contributed by atoms with Crippen LogP contribution in [-0.2, 0) is 0 Å². The molecule has 5 nitrogen and oxygen atoms in total. The van der Waals surface area contributed by atoms with Crippen molar-refractivity contribution in [2.24, 2.45) is 5.92 Å². The van der Waals surface area contributed by atoms with Gasteiger partial charge in [-0.05, 0) is 24.8 Å². The van der Waals surface area contributed by atoms with E-state index < -0.39 is 5.97 Å². The van der Waals surface area contributed by atoms with Gasteiger partial charge in [-0.2, -0.15) is 0 Å². The summed E-state index contributed by atoms with van der Waals surface area (Å²) >= 11 is 1.19. The van der Waals surface area contributed by atoms with Crippen LogP contribution in [0.2, 0.25) is 0 Å². The minimum atomic E-state index is -0.972. The highest BCUT2D eigenvalue weighted by Gasteiger charge is 2.26. The molecule has 0 bridgehead atoms. The third kappa shape index (κ3) is 2.63. The Hall–Kier alpha value is -1.95. The number of thiophene rings is 1. The average molecular weight is 308 g/mol. The molecule has 21 heavy (non-hydrogen) atoms. The highest BCUT2D eigenvalue weighted by Crippen LogP contribution is 2.44. The van der Waals surface area contributed by atoms with Gasteiger partial charge in [-0.3, -0.25) is 0 Å². The molecule has 1 saturated carbocycles. The van der Waals surface area contributed by atoms with Gasteiger partial charge in [0.1, 0.15) is 0 Å². The number of aromatic carboxylic acids is 1. The van der Waals surface area contributed by atoms with E-state index in [0.29, 0.717) is 29.8 Å². The molecule has 1 heterocycles. The van der Waals surface area contributed by atoms with Gasteiger partial charge < -0.3 is 19.3 Å². The van der Waals surface area contributed by atoms with Crippen molar-refractivity contribution in [1.82, 2.24) is 0 Å². The van der Waals surface area contributed by atoms with E-state index in [1.165, 1.54) is 11.3 Å². The molecule has 112 valence electrons. The average Bonchev–Trinajstić information content (AvgIpc) is 3.24. The predicted octanol–water partition coefficient (Wildman–Crippen LogP) is 3.41. The number of methoxy groups -OCH3 is 2. The van der Waals surface area contributed by atoms with Crippen molar-refractivity contribution in [2.75, 3.05) is 20.8 Å². The quantitative estimate of drug-likeness (QED) is 0.886. The zero-order valence-electron chi connectivity index (χ0n) is 11.8. The molecule has 0 atom stereocenters. The van der Waals surface area contributed by atoms with E-state index in [4.69, 9.17) is 14.2 Å². The van der Waals surface area contributed by atoms with Crippen molar-refractivity contribution in [3.63, 3.8) is 0 Å². The van der Waals surface area contributed by atoms with Crippen molar-refractivity contribution in [2.45, 2.75) is 12.8 Å². The van der Waals surface area contributed by atoms with E-state index in [9.17, 15) is 9.90 Å². The third-order valence-corrected chi connectivity index (χ3v) is 4.62. The number of fused-ring (bicyclic) bond motifs is 1. The fraction of sp³-hybridized carbons (Fsp3) is 0.400. The smallest absolute Gasteiger partial charge is 0.349 e. The summed E-state index contributed by atoms with van der Waals surface area (Å²) < 4.78 is 17.1. The number of benzene rings is 1. The van der Waals surface area contributed by atoms with Crippen LogP contribution in [0.5, 0.6) is 17.2 Å². The second kappa shape index (κ2) is 5.44. The Balaban J connectivity index is 2.10. The van der Waals surface area contributed by atoms with Crippen LogP contribution in [0.1, 0.15) is 22.5 Å². The van der Waals surface area contributed by atoms with E-state index >= 15 is 0 Å². The Labute approximate surface area is 126 Å². The fourth-order valence-electron chi connectivity index (χ4n) is 2.17. The van der Waals surface area contributed by atoms with Gasteiger partial charge in [-0.15, -0.1) is 11.3 Å². The maximum absolute atomic E-state index is 11.4. The van der Waals surface area contributed by atoms with Crippen LogP contribution in [0, 0.1) is 5.92 Å². The SMILES string of the molecule is COc1cc2sc(C(=O)O)c(OCC3CC3)c2cc1OC. The number of carboxylic acids is 1. The molecule has 1 N–H and O–H groups in total. The number of carboxylic acid groups (broad SMARTS) is 1. The molecule has 1 fully saturated rings. The van der Waals surface area contributed by atoms with Gasteiger partial charge in [0.05, 0.1) is 20.8 Å². The first-order chi connectivity index (χ1) is 10.1. The van der Waals surface area contributed by atoms with Gasteiger partial charge in [-0.25, -0.2) is 4.79 Å². The first-order valence-corrected chi connectivity index (χ1v) is 7.50. The van der Waals surface area contributed by atoms with E-state index in [0.717, 1.165) is 22.9 Å². The molecule has 3 rings (SSSR count). The maximum Gasteiger partial charge on any atom is 0.349 e. The lowest BCUT2D eigenvalue weighted by Crippen LogP contribution is -2.03. The largest absolute Gasteiger partial charge is 0.493 e. The molecule has 1 aromatic carbocycles. The van der Waals surface area contributed by atoms with Crippen LogP contribution < -0.4 is 14.2 Å². The highest BCUT2D eigenvalue weighted by molar-refractivity contribution is 7.21. The second-order valence-electron chi connectivity index (χ2n) is 5.02. The van der Waals surface area contributed by atoms with Gasteiger partial charge in [-0.1, -0.05) is 0 Å². The lowest BCUT2D eigenvalue weighted by atomic mass is 10.2. The van der Waals surface area contributed by atoms with Gasteiger partial charge in [0, 0.05) is 16.2 Å². The van der Waals surface area contributed by atoms with Crippen molar-refractivity contribution in [1.29, 1.82) is 0 Å². The van der Waals surface area contributed by atoms with Crippen LogP contribution in [0.15, 0.2) is 12.1 Å². The van der Waals surface area contributed by atoms with Gasteiger partial charge in [0.25, 0.3) is 0 Å². The third-order valence-electron chi connectivity index (χ3n) is 3.50. The number of carbonyl (C=O) groups is 1. The summed E-state index contributed by atoms with van der Waals surface area (Å²) in [7, 11) is 3.11. The van der Waals surface area contributed by atoms with Crippen LogP contribution >= 0.6 is 11.3 Å². The van der Waals surface area contributed by atoms with Crippen molar-refractivity contribution in [3.8, 4) is 17.2 Å². The van der Waals surface area contributed by atoms with Gasteiger partial charge >= 0.3 is 5.97 Å². The minimum Gasteiger partial charge on any atom is -0.493 e. The Bertz CT molecular complexity index is 687. The van der Waals surface area contributed by atoms with Crippen molar-refractivity contribution < 1.29 is 24.1 Å². The standard InChI is InChI=1S/C15H16O5S/c1-18-10-5-9-12(6-11(10)19-2)21-14(15(16)17)13(9)20-7-8-3-4-8/h5-6,8H,3-4,7H2,1-2H3,(H,16,17). The van der Waals surface area contributed by atoms with Crippen molar-refractivity contribution >= 4 is 27.4 Å². The molecule has 0 amide bonds. The summed E-state index contributed by atoms with van der Waals surface area (Å²) in [6.45, 7) is 0.570. The fourth-order valence-corrected chi connectivity index (χ4v) is 3.17. The monoisotopic (exact) mass is 308 g/mol. The summed E-state index contributed by atoms with van der Waals surface area (Å²) in [6, 6.07) is 3.56. The first-order valence-electron chi connectivity index (χ1n) is 6.68. The Morgan fingerprint density at radius 2 is 1.95 bits per heavy atom. The summed E-state index contributed by atoms with van der Waals surface area (Å²) in [4.78, 5) is 11.7. The number of rotatable bonds is 6. The van der Waals surface area contributed by atoms with Crippen LogP contribution in [0.25, 0.3) is 10.1 Å². The van der Waals surface area contributed by atoms with E-state index in [1.807, 2.05) is 0 Å². The van der Waals surface area contributed by atoms with E-state index in [1.54, 1.807) is 26.4 Å². The molecular formula is C15H16O5S. The first kappa shape index (κ1) is 14.0. The normalized spacial score (nSPS) is 14.2. The lowest BCUT2D eigenvalue weighted by Gasteiger charge is -2.09. The summed E-state index contributed by atoms with van der Waals surface area (Å²) in [5.74, 6) is 1.17. The second-order valence-corrected chi connectivity index (χ2v) is 6.08. The Kier molecular flexibility index (Phi) is 3.63.